The van der Waals surface area contributed by atoms with Crippen molar-refractivity contribution in [2.75, 3.05) is 0 Å². The van der Waals surface area contributed by atoms with Crippen LogP contribution in [0.25, 0.3) is 27.5 Å². The fourth-order valence-electron chi connectivity index (χ4n) is 4.88. The van der Waals surface area contributed by atoms with Crippen molar-refractivity contribution in [1.29, 1.82) is 0 Å². The standard InChI is InChI=1S/C17H14N2O3.C15H13N/c1-10-15(12-5-3-4-6-14(12)19(10)2)16(20)11-7-8-18-9-13(11)17(21)22;1-12-15(13-7-3-2-4-8-13)11-14-9-5-6-10-16(12)14/h3-9H,1-2H3,(H,21,22);2-11H,1H3. The van der Waals surface area contributed by atoms with Gasteiger partial charge < -0.3 is 14.1 Å². The van der Waals surface area contributed by atoms with Crippen LogP contribution in [0.3, 0.4) is 0 Å². The molecule has 0 saturated heterocycles. The second-order valence-corrected chi connectivity index (χ2v) is 9.10. The minimum atomic E-state index is -1.16. The van der Waals surface area contributed by atoms with E-state index in [0.717, 1.165) is 16.6 Å². The molecule has 6 rings (SSSR count). The number of hydrogen-bond donors (Lipinski definition) is 1. The number of pyridine rings is 2. The molecule has 6 aromatic rings. The van der Waals surface area contributed by atoms with Gasteiger partial charge in [-0.15, -0.1) is 0 Å². The van der Waals surface area contributed by atoms with Crippen LogP contribution >= 0.6 is 0 Å². The molecule has 0 spiro atoms. The molecule has 6 heteroatoms. The highest BCUT2D eigenvalue weighted by Gasteiger charge is 2.23. The molecule has 38 heavy (non-hydrogen) atoms. The lowest BCUT2D eigenvalue weighted by Gasteiger charge is -2.05. The molecule has 0 amide bonds. The molecular weight excluding hydrogens is 474 g/mol. The van der Waals surface area contributed by atoms with Gasteiger partial charge in [-0.25, -0.2) is 4.79 Å². The Labute approximate surface area is 220 Å². The average molecular weight is 502 g/mol. The number of carboxylic acid groups (broad SMARTS) is 1. The van der Waals surface area contributed by atoms with Gasteiger partial charge >= 0.3 is 5.97 Å². The van der Waals surface area contributed by atoms with Crippen LogP contribution in [0.1, 0.15) is 37.7 Å². The number of aromatic carboxylic acids is 1. The summed E-state index contributed by atoms with van der Waals surface area (Å²) in [7, 11) is 1.89. The molecule has 4 heterocycles. The first-order valence-electron chi connectivity index (χ1n) is 12.3. The van der Waals surface area contributed by atoms with Gasteiger partial charge in [0.2, 0.25) is 0 Å². The molecule has 4 aromatic heterocycles. The maximum Gasteiger partial charge on any atom is 0.338 e. The molecule has 0 unspecified atom stereocenters. The quantitative estimate of drug-likeness (QED) is 0.272. The van der Waals surface area contributed by atoms with Gasteiger partial charge in [0, 0.05) is 64.6 Å². The van der Waals surface area contributed by atoms with Gasteiger partial charge in [0.05, 0.1) is 11.1 Å². The van der Waals surface area contributed by atoms with Gasteiger partial charge in [-0.3, -0.25) is 9.78 Å². The van der Waals surface area contributed by atoms with Crippen LogP contribution in [-0.2, 0) is 7.05 Å². The summed E-state index contributed by atoms with van der Waals surface area (Å²) in [4.78, 5) is 28.0. The molecule has 2 aromatic carbocycles. The summed E-state index contributed by atoms with van der Waals surface area (Å²) in [6, 6.07) is 28.1. The zero-order valence-corrected chi connectivity index (χ0v) is 21.4. The fourth-order valence-corrected chi connectivity index (χ4v) is 4.88. The summed E-state index contributed by atoms with van der Waals surface area (Å²) in [6.45, 7) is 4.02. The van der Waals surface area contributed by atoms with Gasteiger partial charge in [0.1, 0.15) is 0 Å². The first-order valence-corrected chi connectivity index (χ1v) is 12.3. The van der Waals surface area contributed by atoms with E-state index in [0.29, 0.717) is 5.56 Å². The van der Waals surface area contributed by atoms with E-state index in [9.17, 15) is 14.7 Å². The Morgan fingerprint density at radius 3 is 2.26 bits per heavy atom. The maximum atomic E-state index is 12.9. The number of para-hydroxylation sites is 1. The third-order valence-electron chi connectivity index (χ3n) is 6.94. The molecule has 0 aliphatic heterocycles. The average Bonchev–Trinajstić information content (AvgIpc) is 3.42. The normalized spacial score (nSPS) is 10.8. The topological polar surface area (TPSA) is 76.6 Å². The first-order chi connectivity index (χ1) is 18.4. The van der Waals surface area contributed by atoms with Crippen LogP contribution in [0.2, 0.25) is 0 Å². The number of benzene rings is 2. The number of fused-ring (bicyclic) bond motifs is 2. The van der Waals surface area contributed by atoms with Gasteiger partial charge in [-0.1, -0.05) is 54.6 Å². The van der Waals surface area contributed by atoms with Gasteiger partial charge in [-0.2, -0.15) is 0 Å². The maximum absolute atomic E-state index is 12.9. The van der Waals surface area contributed by atoms with Crippen molar-refractivity contribution in [3.63, 3.8) is 0 Å². The number of nitrogens with zero attached hydrogens (tertiary/aromatic N) is 3. The summed E-state index contributed by atoms with van der Waals surface area (Å²) in [5, 5.41) is 10.1. The molecule has 0 radical (unpaired) electrons. The molecule has 1 N–H and O–H groups in total. The predicted molar refractivity (Wildman–Crippen MR) is 150 cm³/mol. The van der Waals surface area contributed by atoms with Gasteiger partial charge in [0.25, 0.3) is 0 Å². The molecule has 6 nitrogen and oxygen atoms in total. The number of rotatable bonds is 4. The number of carboxylic acids is 1. The number of ketones is 1. The van der Waals surface area contributed by atoms with Crippen molar-refractivity contribution >= 4 is 28.2 Å². The fraction of sp³-hybridized carbons (Fsp3) is 0.0938. The highest BCUT2D eigenvalue weighted by atomic mass is 16.4. The Hall–Kier alpha value is -4.97. The molecule has 0 atom stereocenters. The number of aryl methyl sites for hydroxylation is 2. The first kappa shape index (κ1) is 24.7. The molecule has 0 aliphatic rings. The van der Waals surface area contributed by atoms with Crippen LogP contribution in [0.5, 0.6) is 0 Å². The van der Waals surface area contributed by atoms with E-state index in [4.69, 9.17) is 0 Å². The SMILES string of the molecule is Cc1c(-c2ccccc2)cc2ccccn12.Cc1c(C(=O)c2ccncc2C(=O)O)c2ccccc2n1C. The van der Waals surface area contributed by atoms with Crippen LogP contribution in [0.15, 0.2) is 104 Å². The Balaban J connectivity index is 0.000000162. The van der Waals surface area contributed by atoms with E-state index in [2.05, 4.69) is 77.1 Å². The minimum absolute atomic E-state index is 0.0835. The lowest BCUT2D eigenvalue weighted by Crippen LogP contribution is -2.11. The summed E-state index contributed by atoms with van der Waals surface area (Å²) in [6.07, 6.45) is 4.74. The molecular formula is C32H27N3O3. The van der Waals surface area contributed by atoms with E-state index < -0.39 is 5.97 Å². The predicted octanol–water partition coefficient (Wildman–Crippen LogP) is 6.73. The zero-order chi connectivity index (χ0) is 26.8. The Morgan fingerprint density at radius 1 is 0.816 bits per heavy atom. The smallest absolute Gasteiger partial charge is 0.338 e. The minimum Gasteiger partial charge on any atom is -0.478 e. The second kappa shape index (κ2) is 10.2. The molecule has 0 bridgehead atoms. The number of carbonyl (C=O) groups is 2. The van der Waals surface area contributed by atoms with Crippen molar-refractivity contribution < 1.29 is 14.7 Å². The van der Waals surface area contributed by atoms with Crippen molar-refractivity contribution in [2.24, 2.45) is 7.05 Å². The van der Waals surface area contributed by atoms with Crippen LogP contribution in [0, 0.1) is 13.8 Å². The lowest BCUT2D eigenvalue weighted by atomic mass is 9.98. The summed E-state index contributed by atoms with van der Waals surface area (Å²) in [5.41, 5.74) is 7.48. The Bertz CT molecular complexity index is 1800. The highest BCUT2D eigenvalue weighted by Crippen LogP contribution is 2.28. The monoisotopic (exact) mass is 501 g/mol. The van der Waals surface area contributed by atoms with Crippen molar-refractivity contribution in [3.05, 3.63) is 132 Å². The van der Waals surface area contributed by atoms with Crippen molar-refractivity contribution in [3.8, 4) is 11.1 Å². The number of aromatic nitrogens is 3. The number of hydrogen-bond acceptors (Lipinski definition) is 3. The summed E-state index contributed by atoms with van der Waals surface area (Å²) >= 11 is 0. The number of carbonyl (C=O) groups excluding carboxylic acids is 1. The van der Waals surface area contributed by atoms with Crippen molar-refractivity contribution in [2.45, 2.75) is 13.8 Å². The summed E-state index contributed by atoms with van der Waals surface area (Å²) in [5.74, 6) is -1.46. The van der Waals surface area contributed by atoms with E-state index in [1.165, 1.54) is 40.8 Å². The van der Waals surface area contributed by atoms with Crippen molar-refractivity contribution in [1.82, 2.24) is 14.0 Å². The molecule has 0 aliphatic carbocycles. The van der Waals surface area contributed by atoms with Gasteiger partial charge in [-0.05, 0) is 49.7 Å². The van der Waals surface area contributed by atoms with E-state index in [1.54, 1.807) is 0 Å². The molecule has 0 fully saturated rings. The molecule has 0 saturated carbocycles. The third kappa shape index (κ3) is 4.37. The van der Waals surface area contributed by atoms with E-state index in [-0.39, 0.29) is 16.9 Å². The Morgan fingerprint density at radius 2 is 1.53 bits per heavy atom. The zero-order valence-electron chi connectivity index (χ0n) is 21.4. The Kier molecular flexibility index (Phi) is 6.62. The van der Waals surface area contributed by atoms with E-state index >= 15 is 0 Å². The van der Waals surface area contributed by atoms with Crippen LogP contribution in [0.4, 0.5) is 0 Å². The largest absolute Gasteiger partial charge is 0.478 e. The third-order valence-corrected chi connectivity index (χ3v) is 6.94. The van der Waals surface area contributed by atoms with Crippen LogP contribution in [-0.4, -0.2) is 30.8 Å². The lowest BCUT2D eigenvalue weighted by molar-refractivity contribution is 0.0692. The second-order valence-electron chi connectivity index (χ2n) is 9.10. The summed E-state index contributed by atoms with van der Waals surface area (Å²) < 4.78 is 4.16. The van der Waals surface area contributed by atoms with Gasteiger partial charge in [0.15, 0.2) is 5.78 Å². The molecule has 188 valence electrons. The highest BCUT2D eigenvalue weighted by molar-refractivity contribution is 6.20. The van der Waals surface area contributed by atoms with Crippen LogP contribution < -0.4 is 0 Å². The van der Waals surface area contributed by atoms with E-state index in [1.807, 2.05) is 42.8 Å².